The number of carbonyl (C=O) groups excluding carboxylic acids is 2. The Morgan fingerprint density at radius 3 is 2.22 bits per heavy atom. The van der Waals surface area contributed by atoms with Gasteiger partial charge in [-0.3, -0.25) is 9.59 Å². The Morgan fingerprint density at radius 1 is 0.812 bits per heavy atom. The van der Waals surface area contributed by atoms with Gasteiger partial charge in [0.15, 0.2) is 6.61 Å². The normalized spacial score (nSPS) is 10.5. The zero-order valence-corrected chi connectivity index (χ0v) is 17.8. The highest BCUT2D eigenvalue weighted by molar-refractivity contribution is 6.02. The Hall–Kier alpha value is -4.12. The van der Waals surface area contributed by atoms with Crippen LogP contribution >= 0.6 is 0 Å². The summed E-state index contributed by atoms with van der Waals surface area (Å²) < 4.78 is 5.82. The fourth-order valence-electron chi connectivity index (χ4n) is 3.43. The number of anilines is 1. The van der Waals surface area contributed by atoms with Crippen molar-refractivity contribution in [2.24, 2.45) is 0 Å². The van der Waals surface area contributed by atoms with E-state index >= 15 is 0 Å². The van der Waals surface area contributed by atoms with E-state index in [0.717, 1.165) is 27.6 Å². The second-order valence-corrected chi connectivity index (χ2v) is 7.52. The minimum atomic E-state index is -0.289. The molecule has 0 aliphatic carbocycles. The molecule has 0 saturated carbocycles. The van der Waals surface area contributed by atoms with Gasteiger partial charge < -0.3 is 15.4 Å². The van der Waals surface area contributed by atoms with E-state index in [-0.39, 0.29) is 18.4 Å². The van der Waals surface area contributed by atoms with E-state index in [0.29, 0.717) is 17.9 Å². The molecule has 0 bridgehead atoms. The number of para-hydroxylation sites is 1. The van der Waals surface area contributed by atoms with Gasteiger partial charge in [-0.2, -0.15) is 0 Å². The molecule has 0 aliphatic rings. The number of rotatable bonds is 7. The van der Waals surface area contributed by atoms with Gasteiger partial charge in [-0.25, -0.2) is 0 Å². The van der Waals surface area contributed by atoms with Crippen LogP contribution < -0.4 is 15.4 Å². The minimum Gasteiger partial charge on any atom is -0.483 e. The lowest BCUT2D eigenvalue weighted by molar-refractivity contribution is -0.118. The van der Waals surface area contributed by atoms with Gasteiger partial charge in [0.25, 0.3) is 11.8 Å². The third-order valence-electron chi connectivity index (χ3n) is 5.17. The number of aryl methyl sites for hydroxylation is 1. The molecule has 0 radical (unpaired) electrons. The fourth-order valence-corrected chi connectivity index (χ4v) is 3.43. The van der Waals surface area contributed by atoms with Gasteiger partial charge in [0, 0.05) is 12.2 Å². The van der Waals surface area contributed by atoms with Crippen molar-refractivity contribution in [1.29, 1.82) is 0 Å². The zero-order chi connectivity index (χ0) is 22.3. The van der Waals surface area contributed by atoms with Crippen molar-refractivity contribution in [2.75, 3.05) is 11.9 Å². The average Bonchev–Trinajstić information content (AvgIpc) is 2.82. The lowest BCUT2D eigenvalue weighted by Gasteiger charge is -2.14. The second kappa shape index (κ2) is 9.79. The summed E-state index contributed by atoms with van der Waals surface area (Å²) in [6, 6.07) is 28.6. The van der Waals surface area contributed by atoms with Crippen LogP contribution in [0.3, 0.4) is 0 Å². The van der Waals surface area contributed by atoms with Gasteiger partial charge in [-0.05, 0) is 47.0 Å². The predicted molar refractivity (Wildman–Crippen MR) is 127 cm³/mol. The molecule has 0 heterocycles. The molecule has 0 saturated heterocycles. The van der Waals surface area contributed by atoms with Crippen LogP contribution in [0, 0.1) is 6.92 Å². The summed E-state index contributed by atoms with van der Waals surface area (Å²) in [5.41, 5.74) is 3.10. The highest BCUT2D eigenvalue weighted by Crippen LogP contribution is 2.26. The summed E-state index contributed by atoms with van der Waals surface area (Å²) in [4.78, 5) is 25.4. The molecule has 4 aromatic rings. The molecule has 0 aromatic heterocycles. The van der Waals surface area contributed by atoms with Crippen LogP contribution in [0.2, 0.25) is 0 Å². The summed E-state index contributed by atoms with van der Waals surface area (Å²) in [7, 11) is 0. The monoisotopic (exact) mass is 424 g/mol. The van der Waals surface area contributed by atoms with Crippen molar-refractivity contribution in [3.05, 3.63) is 108 Å². The summed E-state index contributed by atoms with van der Waals surface area (Å²) >= 11 is 0. The maximum absolute atomic E-state index is 13.0. The Labute approximate surface area is 187 Å². The van der Waals surface area contributed by atoms with E-state index in [4.69, 9.17) is 4.74 Å². The number of amides is 2. The maximum Gasteiger partial charge on any atom is 0.262 e. The Morgan fingerprint density at radius 2 is 1.47 bits per heavy atom. The van der Waals surface area contributed by atoms with Crippen LogP contribution in [0.1, 0.15) is 21.5 Å². The zero-order valence-electron chi connectivity index (χ0n) is 17.8. The highest BCUT2D eigenvalue weighted by atomic mass is 16.5. The maximum atomic E-state index is 13.0. The minimum absolute atomic E-state index is 0.203. The van der Waals surface area contributed by atoms with Crippen LogP contribution in [-0.2, 0) is 11.3 Å². The lowest BCUT2D eigenvalue weighted by Crippen LogP contribution is -2.25. The number of benzene rings is 4. The van der Waals surface area contributed by atoms with Gasteiger partial charge in [-0.15, -0.1) is 0 Å². The summed E-state index contributed by atoms with van der Waals surface area (Å²) in [5.74, 6) is -0.175. The van der Waals surface area contributed by atoms with Crippen molar-refractivity contribution < 1.29 is 14.3 Å². The molecule has 0 aliphatic heterocycles. The van der Waals surface area contributed by atoms with Crippen molar-refractivity contribution in [1.82, 2.24) is 5.32 Å². The third kappa shape index (κ3) is 5.13. The molecule has 32 heavy (non-hydrogen) atoms. The molecular weight excluding hydrogens is 400 g/mol. The first-order valence-corrected chi connectivity index (χ1v) is 10.4. The molecule has 0 fully saturated rings. The van der Waals surface area contributed by atoms with Crippen LogP contribution in [-0.4, -0.2) is 18.4 Å². The summed E-state index contributed by atoms with van der Waals surface area (Å²) in [6.07, 6.45) is 0. The first-order valence-electron chi connectivity index (χ1n) is 10.4. The van der Waals surface area contributed by atoms with E-state index in [1.54, 1.807) is 12.1 Å². The lowest BCUT2D eigenvalue weighted by atomic mass is 10.1. The SMILES string of the molecule is Cc1ccccc1NC(=O)COc1cc2ccccc2cc1C(=O)NCc1ccccc1. The van der Waals surface area contributed by atoms with E-state index in [2.05, 4.69) is 10.6 Å². The average molecular weight is 425 g/mol. The summed E-state index contributed by atoms with van der Waals surface area (Å²) in [6.45, 7) is 2.13. The highest BCUT2D eigenvalue weighted by Gasteiger charge is 2.16. The molecule has 4 rings (SSSR count). The molecular formula is C27H24N2O3. The first kappa shape index (κ1) is 21.1. The van der Waals surface area contributed by atoms with Crippen LogP contribution in [0.25, 0.3) is 10.8 Å². The van der Waals surface area contributed by atoms with E-state index in [1.807, 2.05) is 85.8 Å². The molecule has 0 atom stereocenters. The first-order chi connectivity index (χ1) is 15.6. The summed E-state index contributed by atoms with van der Waals surface area (Å²) in [5, 5.41) is 7.64. The Bertz CT molecular complexity index is 1250. The Kier molecular flexibility index (Phi) is 6.46. The quantitative estimate of drug-likeness (QED) is 0.434. The largest absolute Gasteiger partial charge is 0.483 e. The number of nitrogens with one attached hydrogen (secondary N) is 2. The van der Waals surface area contributed by atoms with Gasteiger partial charge in [0.2, 0.25) is 0 Å². The molecule has 0 spiro atoms. The third-order valence-corrected chi connectivity index (χ3v) is 5.17. The number of hydrogen-bond acceptors (Lipinski definition) is 3. The van der Waals surface area contributed by atoms with Gasteiger partial charge in [0.1, 0.15) is 5.75 Å². The van der Waals surface area contributed by atoms with Crippen LogP contribution in [0.15, 0.2) is 91.0 Å². The molecule has 5 heteroatoms. The number of fused-ring (bicyclic) bond motifs is 1. The van der Waals surface area contributed by atoms with Gasteiger partial charge >= 0.3 is 0 Å². The van der Waals surface area contributed by atoms with Crippen molar-refractivity contribution in [2.45, 2.75) is 13.5 Å². The second-order valence-electron chi connectivity index (χ2n) is 7.52. The standard InChI is InChI=1S/C27H24N2O3/c1-19-9-5-8-14-24(19)29-26(30)18-32-25-16-22-13-7-6-12-21(22)15-23(25)27(31)28-17-20-10-3-2-4-11-20/h2-16H,17-18H2,1H3,(H,28,31)(H,29,30). The van der Waals surface area contributed by atoms with E-state index in [9.17, 15) is 9.59 Å². The molecule has 4 aromatic carbocycles. The predicted octanol–water partition coefficient (Wildman–Crippen LogP) is 5.10. The van der Waals surface area contributed by atoms with Crippen molar-refractivity contribution in [3.8, 4) is 5.75 Å². The molecule has 5 nitrogen and oxygen atoms in total. The molecule has 2 amide bonds. The van der Waals surface area contributed by atoms with Crippen LogP contribution in [0.4, 0.5) is 5.69 Å². The smallest absolute Gasteiger partial charge is 0.262 e. The number of ether oxygens (including phenoxy) is 1. The molecule has 0 unspecified atom stereocenters. The van der Waals surface area contributed by atoms with Gasteiger partial charge in [-0.1, -0.05) is 72.8 Å². The molecule has 2 N–H and O–H groups in total. The molecule has 160 valence electrons. The van der Waals surface area contributed by atoms with Crippen molar-refractivity contribution in [3.63, 3.8) is 0 Å². The topological polar surface area (TPSA) is 67.4 Å². The number of hydrogen-bond donors (Lipinski definition) is 2. The van der Waals surface area contributed by atoms with Gasteiger partial charge in [0.05, 0.1) is 5.56 Å². The number of carbonyl (C=O) groups is 2. The van der Waals surface area contributed by atoms with Crippen LogP contribution in [0.5, 0.6) is 5.75 Å². The van der Waals surface area contributed by atoms with E-state index in [1.165, 1.54) is 0 Å². The fraction of sp³-hybridized carbons (Fsp3) is 0.111. The Balaban J connectivity index is 1.52. The van der Waals surface area contributed by atoms with E-state index < -0.39 is 0 Å². The van der Waals surface area contributed by atoms with Crippen molar-refractivity contribution >= 4 is 28.3 Å².